The lowest BCUT2D eigenvalue weighted by atomic mass is 10.2. The Morgan fingerprint density at radius 3 is 2.60 bits per heavy atom. The van der Waals surface area contributed by atoms with Crippen molar-refractivity contribution < 1.29 is 0 Å². The largest absolute Gasteiger partial charge is 0.379 e. The number of anilines is 1. The Bertz CT molecular complexity index is 379. The summed E-state index contributed by atoms with van der Waals surface area (Å²) >= 11 is 0. The van der Waals surface area contributed by atoms with E-state index in [1.807, 2.05) is 13.8 Å². The first-order chi connectivity index (χ1) is 7.16. The number of hydrogen-bond acceptors (Lipinski definition) is 3. The fraction of sp³-hybridized carbons (Fsp3) is 0.636. The van der Waals surface area contributed by atoms with Crippen molar-refractivity contribution in [3.05, 3.63) is 21.9 Å². The molecule has 1 aliphatic carbocycles. The Morgan fingerprint density at radius 2 is 2.00 bits per heavy atom. The molecule has 0 spiro atoms. The molecule has 15 heavy (non-hydrogen) atoms. The van der Waals surface area contributed by atoms with Gasteiger partial charge >= 0.3 is 5.69 Å². The van der Waals surface area contributed by atoms with Crippen LogP contribution in [0.2, 0.25) is 0 Å². The molecule has 1 aromatic heterocycles. The van der Waals surface area contributed by atoms with Gasteiger partial charge < -0.3 is 10.3 Å². The topological polar surface area (TPSA) is 57.8 Å². The van der Waals surface area contributed by atoms with E-state index in [-0.39, 0.29) is 5.69 Å². The molecular formula is C11H17N3O. The number of hydrogen-bond donors (Lipinski definition) is 2. The summed E-state index contributed by atoms with van der Waals surface area (Å²) in [5, 5.41) is 3.47. The molecule has 0 aromatic carbocycles. The van der Waals surface area contributed by atoms with Crippen molar-refractivity contribution in [2.45, 2.75) is 45.6 Å². The summed E-state index contributed by atoms with van der Waals surface area (Å²) in [6.07, 6.45) is 5.04. The molecule has 0 saturated heterocycles. The maximum atomic E-state index is 11.1. The Kier molecular flexibility index (Phi) is 2.75. The molecule has 1 saturated carbocycles. The summed E-state index contributed by atoms with van der Waals surface area (Å²) in [5.74, 6) is 0. The van der Waals surface area contributed by atoms with Crippen molar-refractivity contribution in [1.82, 2.24) is 9.97 Å². The molecule has 0 radical (unpaired) electrons. The van der Waals surface area contributed by atoms with Gasteiger partial charge in [0.05, 0.1) is 11.4 Å². The van der Waals surface area contributed by atoms with Crippen molar-refractivity contribution >= 4 is 5.69 Å². The van der Waals surface area contributed by atoms with Crippen molar-refractivity contribution in [2.75, 3.05) is 5.32 Å². The van der Waals surface area contributed by atoms with Crippen LogP contribution in [0.3, 0.4) is 0 Å². The van der Waals surface area contributed by atoms with Crippen molar-refractivity contribution in [3.63, 3.8) is 0 Å². The zero-order valence-corrected chi connectivity index (χ0v) is 9.26. The average molecular weight is 207 g/mol. The Hall–Kier alpha value is -1.32. The van der Waals surface area contributed by atoms with Gasteiger partial charge in [0, 0.05) is 11.7 Å². The molecule has 1 aromatic rings. The van der Waals surface area contributed by atoms with E-state index in [0.717, 1.165) is 17.1 Å². The zero-order chi connectivity index (χ0) is 10.8. The van der Waals surface area contributed by atoms with Gasteiger partial charge in [-0.3, -0.25) is 0 Å². The maximum Gasteiger partial charge on any atom is 0.345 e. The van der Waals surface area contributed by atoms with E-state index in [1.165, 1.54) is 25.7 Å². The summed E-state index contributed by atoms with van der Waals surface area (Å²) in [7, 11) is 0. The van der Waals surface area contributed by atoms with Crippen LogP contribution in [0, 0.1) is 13.8 Å². The molecule has 1 fully saturated rings. The molecule has 4 nitrogen and oxygen atoms in total. The summed E-state index contributed by atoms with van der Waals surface area (Å²) < 4.78 is 0. The highest BCUT2D eigenvalue weighted by Gasteiger charge is 2.16. The van der Waals surface area contributed by atoms with E-state index in [1.54, 1.807) is 0 Å². The quantitative estimate of drug-likeness (QED) is 0.776. The average Bonchev–Trinajstić information content (AvgIpc) is 2.63. The fourth-order valence-electron chi connectivity index (χ4n) is 2.22. The fourth-order valence-corrected chi connectivity index (χ4v) is 2.22. The molecule has 1 heterocycles. The molecule has 82 valence electrons. The van der Waals surface area contributed by atoms with E-state index in [0.29, 0.717) is 6.04 Å². The highest BCUT2D eigenvalue weighted by atomic mass is 16.1. The Labute approximate surface area is 89.1 Å². The lowest BCUT2D eigenvalue weighted by Gasteiger charge is -2.16. The van der Waals surface area contributed by atoms with Crippen LogP contribution in [-0.4, -0.2) is 16.0 Å². The summed E-state index contributed by atoms with van der Waals surface area (Å²) in [6.45, 7) is 3.78. The molecular weight excluding hydrogens is 190 g/mol. The highest BCUT2D eigenvalue weighted by Crippen LogP contribution is 2.24. The number of aromatic nitrogens is 2. The number of H-pyrrole nitrogens is 1. The number of aromatic amines is 1. The van der Waals surface area contributed by atoms with E-state index in [4.69, 9.17) is 0 Å². The first kappa shape index (κ1) is 10.2. The van der Waals surface area contributed by atoms with Crippen LogP contribution < -0.4 is 11.0 Å². The van der Waals surface area contributed by atoms with Crippen LogP contribution >= 0.6 is 0 Å². The van der Waals surface area contributed by atoms with Crippen molar-refractivity contribution in [1.29, 1.82) is 0 Å². The lowest BCUT2D eigenvalue weighted by Crippen LogP contribution is -2.21. The van der Waals surface area contributed by atoms with Crippen LogP contribution in [0.25, 0.3) is 0 Å². The minimum Gasteiger partial charge on any atom is -0.379 e. The summed E-state index contributed by atoms with van der Waals surface area (Å²) in [4.78, 5) is 17.7. The van der Waals surface area contributed by atoms with Crippen LogP contribution in [-0.2, 0) is 0 Å². The minimum absolute atomic E-state index is 0.262. The van der Waals surface area contributed by atoms with Gasteiger partial charge in [0.15, 0.2) is 0 Å². The van der Waals surface area contributed by atoms with Gasteiger partial charge in [-0.25, -0.2) is 4.79 Å². The predicted octanol–water partition coefficient (Wildman–Crippen LogP) is 1.74. The molecule has 0 aliphatic heterocycles. The molecule has 0 atom stereocenters. The summed E-state index contributed by atoms with van der Waals surface area (Å²) in [5.41, 5.74) is 2.42. The van der Waals surface area contributed by atoms with Gasteiger partial charge in [0.2, 0.25) is 0 Å². The smallest absolute Gasteiger partial charge is 0.345 e. The third-order valence-corrected chi connectivity index (χ3v) is 3.00. The predicted molar refractivity (Wildman–Crippen MR) is 60.2 cm³/mol. The molecule has 0 bridgehead atoms. The van der Waals surface area contributed by atoms with Gasteiger partial charge in [0.25, 0.3) is 0 Å². The number of rotatable bonds is 2. The molecule has 0 amide bonds. The van der Waals surface area contributed by atoms with Crippen LogP contribution in [0.1, 0.15) is 37.1 Å². The first-order valence-electron chi connectivity index (χ1n) is 5.51. The Balaban J connectivity index is 2.23. The Morgan fingerprint density at radius 1 is 1.33 bits per heavy atom. The number of nitrogens with one attached hydrogen (secondary N) is 2. The van der Waals surface area contributed by atoms with Gasteiger partial charge in [-0.05, 0) is 26.7 Å². The van der Waals surface area contributed by atoms with E-state index < -0.39 is 0 Å². The molecule has 2 N–H and O–H groups in total. The highest BCUT2D eigenvalue weighted by molar-refractivity contribution is 5.51. The van der Waals surface area contributed by atoms with Crippen LogP contribution in [0.5, 0.6) is 0 Å². The normalized spacial score (nSPS) is 16.9. The van der Waals surface area contributed by atoms with E-state index in [2.05, 4.69) is 15.3 Å². The zero-order valence-electron chi connectivity index (χ0n) is 9.26. The molecule has 4 heteroatoms. The number of aryl methyl sites for hydroxylation is 2. The lowest BCUT2D eigenvalue weighted by molar-refractivity contribution is 0.749. The van der Waals surface area contributed by atoms with Gasteiger partial charge in [-0.2, -0.15) is 4.98 Å². The van der Waals surface area contributed by atoms with E-state index >= 15 is 0 Å². The molecule has 0 unspecified atom stereocenters. The van der Waals surface area contributed by atoms with Crippen LogP contribution in [0.15, 0.2) is 4.79 Å². The van der Waals surface area contributed by atoms with Gasteiger partial charge in [0.1, 0.15) is 0 Å². The van der Waals surface area contributed by atoms with Crippen molar-refractivity contribution in [3.8, 4) is 0 Å². The summed E-state index contributed by atoms with van der Waals surface area (Å²) in [6, 6.07) is 0.551. The third-order valence-electron chi connectivity index (χ3n) is 3.00. The number of nitrogens with zero attached hydrogens (tertiary/aromatic N) is 1. The second kappa shape index (κ2) is 4.04. The van der Waals surface area contributed by atoms with E-state index in [9.17, 15) is 4.79 Å². The third kappa shape index (κ3) is 2.19. The standard InChI is InChI=1S/C11H17N3O/c1-7-10(8(2)13-11(15)12-7)14-9-5-3-4-6-9/h9,14H,3-6H2,1-2H3,(H,12,13,15). The second-order valence-electron chi connectivity index (χ2n) is 4.25. The second-order valence-corrected chi connectivity index (χ2v) is 4.25. The SMILES string of the molecule is Cc1nc(=O)[nH]c(C)c1NC1CCCC1. The monoisotopic (exact) mass is 207 g/mol. The van der Waals surface area contributed by atoms with Gasteiger partial charge in [-0.15, -0.1) is 0 Å². The van der Waals surface area contributed by atoms with Gasteiger partial charge in [-0.1, -0.05) is 12.8 Å². The minimum atomic E-state index is -0.262. The molecule has 2 rings (SSSR count). The van der Waals surface area contributed by atoms with Crippen LogP contribution in [0.4, 0.5) is 5.69 Å². The molecule has 1 aliphatic rings. The maximum absolute atomic E-state index is 11.1. The first-order valence-corrected chi connectivity index (χ1v) is 5.51. The van der Waals surface area contributed by atoms with Crippen molar-refractivity contribution in [2.24, 2.45) is 0 Å².